The molecular weight excluding hydrogens is 223 g/mol. The third-order valence-corrected chi connectivity index (χ3v) is 3.09. The van der Waals surface area contributed by atoms with E-state index in [9.17, 15) is 14.5 Å². The Morgan fingerprint density at radius 1 is 1.18 bits per heavy atom. The molecule has 0 radical (unpaired) electrons. The summed E-state index contributed by atoms with van der Waals surface area (Å²) in [7, 11) is 0. The van der Waals surface area contributed by atoms with Gasteiger partial charge in [0.05, 0.1) is 4.92 Å². The van der Waals surface area contributed by atoms with Crippen molar-refractivity contribution in [1.29, 1.82) is 0 Å². The average molecular weight is 238 g/mol. The van der Waals surface area contributed by atoms with Gasteiger partial charge >= 0.3 is 5.69 Å². The Kier molecular flexibility index (Phi) is 3.56. The lowest BCUT2D eigenvalue weighted by molar-refractivity contribution is -0.386. The SMILES string of the molecule is O=[N+]([O-])c1c(F)cccc1N1CCCCCC1. The topological polar surface area (TPSA) is 46.4 Å². The monoisotopic (exact) mass is 238 g/mol. The van der Waals surface area contributed by atoms with Crippen molar-refractivity contribution >= 4 is 11.4 Å². The van der Waals surface area contributed by atoms with Crippen LogP contribution in [-0.2, 0) is 0 Å². The molecule has 1 aromatic carbocycles. The lowest BCUT2D eigenvalue weighted by atomic mass is 10.2. The molecule has 17 heavy (non-hydrogen) atoms. The zero-order valence-corrected chi connectivity index (χ0v) is 9.56. The third-order valence-electron chi connectivity index (χ3n) is 3.09. The Bertz CT molecular complexity index is 415. The van der Waals surface area contributed by atoms with Crippen LogP contribution < -0.4 is 4.90 Å². The highest BCUT2D eigenvalue weighted by atomic mass is 19.1. The van der Waals surface area contributed by atoms with Crippen molar-refractivity contribution in [3.05, 3.63) is 34.1 Å². The van der Waals surface area contributed by atoms with Gasteiger partial charge in [-0.1, -0.05) is 18.9 Å². The van der Waals surface area contributed by atoms with Crippen LogP contribution in [0.1, 0.15) is 25.7 Å². The molecule has 0 spiro atoms. The van der Waals surface area contributed by atoms with Crippen molar-refractivity contribution in [2.24, 2.45) is 0 Å². The molecule has 1 aliphatic rings. The van der Waals surface area contributed by atoms with Gasteiger partial charge in [-0.2, -0.15) is 4.39 Å². The van der Waals surface area contributed by atoms with Crippen LogP contribution in [0.25, 0.3) is 0 Å². The maximum absolute atomic E-state index is 13.5. The summed E-state index contributed by atoms with van der Waals surface area (Å²) >= 11 is 0. The normalized spacial score (nSPS) is 16.6. The van der Waals surface area contributed by atoms with Gasteiger partial charge in [-0.05, 0) is 25.0 Å². The quantitative estimate of drug-likeness (QED) is 0.587. The molecule has 0 bridgehead atoms. The lowest BCUT2D eigenvalue weighted by Gasteiger charge is -2.22. The van der Waals surface area contributed by atoms with Crippen LogP contribution in [0.3, 0.4) is 0 Å². The van der Waals surface area contributed by atoms with Crippen LogP contribution in [0, 0.1) is 15.9 Å². The second-order valence-electron chi connectivity index (χ2n) is 4.27. The van der Waals surface area contributed by atoms with Crippen LogP contribution in [0.2, 0.25) is 0 Å². The number of hydrogen-bond donors (Lipinski definition) is 0. The van der Waals surface area contributed by atoms with E-state index in [-0.39, 0.29) is 0 Å². The molecule has 0 aliphatic carbocycles. The Morgan fingerprint density at radius 3 is 2.41 bits per heavy atom. The van der Waals surface area contributed by atoms with E-state index in [1.807, 2.05) is 4.90 Å². The third kappa shape index (κ3) is 2.54. The Hall–Kier alpha value is -1.65. The maximum Gasteiger partial charge on any atom is 0.327 e. The predicted molar refractivity (Wildman–Crippen MR) is 63.7 cm³/mol. The molecule has 1 fully saturated rings. The summed E-state index contributed by atoms with van der Waals surface area (Å²) in [5, 5.41) is 10.9. The molecule has 0 atom stereocenters. The molecule has 92 valence electrons. The minimum atomic E-state index is -0.753. The highest BCUT2D eigenvalue weighted by Crippen LogP contribution is 2.32. The number of nitro groups is 1. The first-order valence-electron chi connectivity index (χ1n) is 5.88. The minimum Gasteiger partial charge on any atom is -0.366 e. The van der Waals surface area contributed by atoms with Gasteiger partial charge in [-0.3, -0.25) is 10.1 Å². The Balaban J connectivity index is 2.36. The number of para-hydroxylation sites is 1. The Morgan fingerprint density at radius 2 is 1.82 bits per heavy atom. The number of nitro benzene ring substituents is 1. The van der Waals surface area contributed by atoms with E-state index in [4.69, 9.17) is 0 Å². The first kappa shape index (κ1) is 11.8. The predicted octanol–water partition coefficient (Wildman–Crippen LogP) is 3.11. The van der Waals surface area contributed by atoms with E-state index in [0.29, 0.717) is 5.69 Å². The highest BCUT2D eigenvalue weighted by Gasteiger charge is 2.24. The van der Waals surface area contributed by atoms with Crippen LogP contribution in [0.15, 0.2) is 18.2 Å². The lowest BCUT2D eigenvalue weighted by Crippen LogP contribution is -2.25. The molecule has 0 saturated carbocycles. The standard InChI is InChI=1S/C12H15FN2O2/c13-10-6-5-7-11(12(10)15(16)17)14-8-3-1-2-4-9-14/h5-7H,1-4,8-9H2. The van der Waals surface area contributed by atoms with Crippen molar-refractivity contribution in [2.75, 3.05) is 18.0 Å². The summed E-state index contributed by atoms with van der Waals surface area (Å²) < 4.78 is 13.5. The number of anilines is 1. The number of nitrogens with zero attached hydrogens (tertiary/aromatic N) is 2. The summed E-state index contributed by atoms with van der Waals surface area (Å²) in [4.78, 5) is 12.2. The summed E-state index contributed by atoms with van der Waals surface area (Å²) in [6, 6.07) is 4.30. The summed E-state index contributed by atoms with van der Waals surface area (Å²) in [6.07, 6.45) is 4.29. The van der Waals surface area contributed by atoms with Crippen LogP contribution >= 0.6 is 0 Å². The average Bonchev–Trinajstić information content (AvgIpc) is 2.56. The molecule has 1 heterocycles. The second kappa shape index (κ2) is 5.12. The first-order valence-corrected chi connectivity index (χ1v) is 5.88. The van der Waals surface area contributed by atoms with Crippen LogP contribution in [0.5, 0.6) is 0 Å². The fraction of sp³-hybridized carbons (Fsp3) is 0.500. The van der Waals surface area contributed by atoms with Gasteiger partial charge in [0.25, 0.3) is 0 Å². The summed E-state index contributed by atoms with van der Waals surface area (Å²) in [5.41, 5.74) is 0.0197. The van der Waals surface area contributed by atoms with Crippen LogP contribution in [0.4, 0.5) is 15.8 Å². The van der Waals surface area contributed by atoms with Crippen LogP contribution in [-0.4, -0.2) is 18.0 Å². The summed E-state index contributed by atoms with van der Waals surface area (Å²) in [5.74, 6) is -0.753. The number of rotatable bonds is 2. The Labute approximate surface area is 99.2 Å². The van der Waals surface area contributed by atoms with E-state index in [0.717, 1.165) is 44.8 Å². The van der Waals surface area contributed by atoms with E-state index in [2.05, 4.69) is 0 Å². The molecule has 4 nitrogen and oxygen atoms in total. The van der Waals surface area contributed by atoms with Crippen molar-refractivity contribution in [2.45, 2.75) is 25.7 Å². The van der Waals surface area contributed by atoms with Gasteiger partial charge in [-0.15, -0.1) is 0 Å². The fourth-order valence-electron chi connectivity index (χ4n) is 2.25. The van der Waals surface area contributed by atoms with Crippen molar-refractivity contribution in [1.82, 2.24) is 0 Å². The van der Waals surface area contributed by atoms with Crippen molar-refractivity contribution < 1.29 is 9.31 Å². The van der Waals surface area contributed by atoms with E-state index < -0.39 is 16.4 Å². The van der Waals surface area contributed by atoms with E-state index in [1.54, 1.807) is 6.07 Å². The molecule has 2 rings (SSSR count). The van der Waals surface area contributed by atoms with E-state index in [1.165, 1.54) is 6.07 Å². The molecule has 0 N–H and O–H groups in total. The number of hydrogen-bond acceptors (Lipinski definition) is 3. The van der Waals surface area contributed by atoms with Gasteiger partial charge in [0.2, 0.25) is 5.82 Å². The van der Waals surface area contributed by atoms with E-state index >= 15 is 0 Å². The molecule has 0 amide bonds. The largest absolute Gasteiger partial charge is 0.366 e. The minimum absolute atomic E-state index is 0.394. The highest BCUT2D eigenvalue weighted by molar-refractivity contribution is 5.63. The smallest absolute Gasteiger partial charge is 0.327 e. The van der Waals surface area contributed by atoms with Crippen molar-refractivity contribution in [3.63, 3.8) is 0 Å². The van der Waals surface area contributed by atoms with Gasteiger partial charge < -0.3 is 4.90 Å². The fourth-order valence-corrected chi connectivity index (χ4v) is 2.25. The molecule has 1 aromatic rings. The molecule has 5 heteroatoms. The van der Waals surface area contributed by atoms with Crippen molar-refractivity contribution in [3.8, 4) is 0 Å². The van der Waals surface area contributed by atoms with Gasteiger partial charge in [0, 0.05) is 13.1 Å². The first-order chi connectivity index (χ1) is 8.20. The summed E-state index contributed by atoms with van der Waals surface area (Å²) in [6.45, 7) is 1.54. The van der Waals surface area contributed by atoms with Gasteiger partial charge in [-0.25, -0.2) is 0 Å². The van der Waals surface area contributed by atoms with Gasteiger partial charge in [0.1, 0.15) is 5.69 Å². The maximum atomic E-state index is 13.5. The zero-order chi connectivity index (χ0) is 12.3. The zero-order valence-electron chi connectivity index (χ0n) is 9.56. The molecule has 0 unspecified atom stereocenters. The molecule has 1 saturated heterocycles. The number of benzene rings is 1. The molecular formula is C12H15FN2O2. The van der Waals surface area contributed by atoms with Gasteiger partial charge in [0.15, 0.2) is 0 Å². The molecule has 1 aliphatic heterocycles. The second-order valence-corrected chi connectivity index (χ2v) is 4.27. The molecule has 0 aromatic heterocycles. The number of halogens is 1.